The summed E-state index contributed by atoms with van der Waals surface area (Å²) in [6.45, 7) is 1.85. The number of hydrogen-bond donors (Lipinski definition) is 1. The van der Waals surface area contributed by atoms with Crippen molar-refractivity contribution in [1.82, 2.24) is 14.9 Å². The van der Waals surface area contributed by atoms with Gasteiger partial charge >= 0.3 is 5.63 Å². The lowest BCUT2D eigenvalue weighted by molar-refractivity contribution is 0.0936. The van der Waals surface area contributed by atoms with E-state index in [1.165, 1.54) is 6.07 Å². The first-order chi connectivity index (χ1) is 13.5. The zero-order valence-corrected chi connectivity index (χ0v) is 15.7. The molecule has 0 spiro atoms. The van der Waals surface area contributed by atoms with E-state index in [0.717, 1.165) is 11.3 Å². The largest absolute Gasteiger partial charge is 0.422 e. The topological polar surface area (TPSA) is 77.1 Å². The quantitative estimate of drug-likeness (QED) is 0.529. The zero-order valence-electron chi connectivity index (χ0n) is 14.9. The summed E-state index contributed by atoms with van der Waals surface area (Å²) in [7, 11) is 0. The first kappa shape index (κ1) is 18.0. The first-order valence-corrected chi connectivity index (χ1v) is 9.01. The molecular formula is C21H16ClN3O3. The van der Waals surface area contributed by atoms with Crippen molar-refractivity contribution < 1.29 is 9.21 Å². The number of nitrogens with zero attached hydrogens (tertiary/aromatic N) is 2. The fourth-order valence-electron chi connectivity index (χ4n) is 2.96. The van der Waals surface area contributed by atoms with Crippen LogP contribution in [-0.4, -0.2) is 15.5 Å². The van der Waals surface area contributed by atoms with Crippen LogP contribution in [-0.2, 0) is 0 Å². The molecule has 0 saturated carbocycles. The zero-order chi connectivity index (χ0) is 19.7. The van der Waals surface area contributed by atoms with Gasteiger partial charge in [-0.25, -0.2) is 9.78 Å². The highest BCUT2D eigenvalue weighted by Crippen LogP contribution is 2.20. The average Bonchev–Trinajstić information content (AvgIpc) is 3.22. The third-order valence-corrected chi connectivity index (χ3v) is 4.72. The Hall–Kier alpha value is -3.38. The van der Waals surface area contributed by atoms with E-state index in [2.05, 4.69) is 10.3 Å². The number of nitrogens with one attached hydrogen (secondary N) is 1. The highest BCUT2D eigenvalue weighted by atomic mass is 35.5. The van der Waals surface area contributed by atoms with Gasteiger partial charge in [0.1, 0.15) is 11.1 Å². The monoisotopic (exact) mass is 393 g/mol. The summed E-state index contributed by atoms with van der Waals surface area (Å²) < 4.78 is 7.12. The summed E-state index contributed by atoms with van der Waals surface area (Å²) in [6.07, 6.45) is 5.27. The van der Waals surface area contributed by atoms with Gasteiger partial charge in [-0.2, -0.15) is 0 Å². The maximum Gasteiger partial charge on any atom is 0.349 e. The highest BCUT2D eigenvalue weighted by molar-refractivity contribution is 6.31. The number of benzene rings is 2. The number of halogens is 1. The Morgan fingerprint density at radius 3 is 2.68 bits per heavy atom. The third kappa shape index (κ3) is 3.54. The van der Waals surface area contributed by atoms with Gasteiger partial charge in [0.2, 0.25) is 0 Å². The molecule has 2 heterocycles. The van der Waals surface area contributed by atoms with E-state index < -0.39 is 11.5 Å². The van der Waals surface area contributed by atoms with Crippen LogP contribution in [0.3, 0.4) is 0 Å². The Labute approximate surface area is 165 Å². The van der Waals surface area contributed by atoms with Crippen LogP contribution >= 0.6 is 11.6 Å². The molecule has 0 aliphatic carbocycles. The summed E-state index contributed by atoms with van der Waals surface area (Å²) >= 11 is 5.98. The van der Waals surface area contributed by atoms with E-state index in [1.807, 2.05) is 42.0 Å². The number of rotatable bonds is 4. The Morgan fingerprint density at radius 2 is 1.96 bits per heavy atom. The molecule has 2 aromatic heterocycles. The van der Waals surface area contributed by atoms with Crippen LogP contribution in [0.15, 0.2) is 76.5 Å². The molecule has 0 bridgehead atoms. The molecule has 140 valence electrons. The molecule has 1 unspecified atom stereocenters. The summed E-state index contributed by atoms with van der Waals surface area (Å²) in [6, 6.07) is 13.8. The van der Waals surface area contributed by atoms with Gasteiger partial charge in [0.15, 0.2) is 0 Å². The minimum absolute atomic E-state index is 0.0587. The van der Waals surface area contributed by atoms with Crippen molar-refractivity contribution in [2.45, 2.75) is 13.0 Å². The van der Waals surface area contributed by atoms with Crippen molar-refractivity contribution in [1.29, 1.82) is 0 Å². The van der Waals surface area contributed by atoms with Gasteiger partial charge in [0, 0.05) is 28.5 Å². The molecule has 6 nitrogen and oxygen atoms in total. The molecule has 1 atom stereocenters. The molecule has 4 aromatic rings. The molecule has 1 amide bonds. The van der Waals surface area contributed by atoms with Crippen LogP contribution in [0.25, 0.3) is 16.7 Å². The summed E-state index contributed by atoms with van der Waals surface area (Å²) in [5.41, 5.74) is 1.51. The normalized spacial score (nSPS) is 12.1. The van der Waals surface area contributed by atoms with Gasteiger partial charge in [0.05, 0.1) is 12.4 Å². The Bertz CT molecular complexity index is 1200. The Balaban J connectivity index is 1.55. The second-order valence-electron chi connectivity index (χ2n) is 6.39. The number of hydrogen-bond acceptors (Lipinski definition) is 4. The van der Waals surface area contributed by atoms with Crippen LogP contribution in [0.4, 0.5) is 0 Å². The van der Waals surface area contributed by atoms with Gasteiger partial charge in [-0.1, -0.05) is 23.7 Å². The van der Waals surface area contributed by atoms with Gasteiger partial charge in [0.25, 0.3) is 5.91 Å². The molecule has 0 saturated heterocycles. The third-order valence-electron chi connectivity index (χ3n) is 4.48. The second kappa shape index (κ2) is 7.32. The van der Waals surface area contributed by atoms with E-state index in [0.29, 0.717) is 16.0 Å². The van der Waals surface area contributed by atoms with E-state index in [-0.39, 0.29) is 11.6 Å². The fraction of sp³-hybridized carbons (Fsp3) is 0.0952. The minimum atomic E-state index is -0.685. The molecule has 0 fully saturated rings. The molecular weight excluding hydrogens is 378 g/mol. The summed E-state index contributed by atoms with van der Waals surface area (Å²) in [4.78, 5) is 28.8. The van der Waals surface area contributed by atoms with Crippen molar-refractivity contribution in [2.24, 2.45) is 0 Å². The lowest BCUT2D eigenvalue weighted by Crippen LogP contribution is -2.30. The first-order valence-electron chi connectivity index (χ1n) is 8.64. The van der Waals surface area contributed by atoms with E-state index >= 15 is 0 Å². The predicted octanol–water partition coefficient (Wildman–Crippen LogP) is 4.12. The maximum absolute atomic E-state index is 12.6. The van der Waals surface area contributed by atoms with Crippen molar-refractivity contribution in [3.63, 3.8) is 0 Å². The molecule has 4 rings (SSSR count). The number of fused-ring (bicyclic) bond motifs is 1. The number of imidazole rings is 1. The number of amides is 1. The average molecular weight is 394 g/mol. The van der Waals surface area contributed by atoms with Crippen LogP contribution in [0.5, 0.6) is 0 Å². The highest BCUT2D eigenvalue weighted by Gasteiger charge is 2.17. The van der Waals surface area contributed by atoms with Gasteiger partial charge in [-0.3, -0.25) is 4.79 Å². The lowest BCUT2D eigenvalue weighted by Gasteiger charge is -2.15. The van der Waals surface area contributed by atoms with Gasteiger partial charge in [-0.15, -0.1) is 0 Å². The second-order valence-corrected chi connectivity index (χ2v) is 6.82. The van der Waals surface area contributed by atoms with E-state index in [4.69, 9.17) is 16.0 Å². The maximum atomic E-state index is 12.6. The molecule has 7 heteroatoms. The Kier molecular flexibility index (Phi) is 4.71. The molecule has 0 radical (unpaired) electrons. The molecule has 0 aliphatic rings. The van der Waals surface area contributed by atoms with Crippen molar-refractivity contribution in [2.75, 3.05) is 0 Å². The van der Waals surface area contributed by atoms with E-state index in [9.17, 15) is 9.59 Å². The molecule has 0 aliphatic heterocycles. The molecule has 1 N–H and O–H groups in total. The fourth-order valence-corrected chi connectivity index (χ4v) is 3.14. The van der Waals surface area contributed by atoms with Crippen molar-refractivity contribution in [3.8, 4) is 5.69 Å². The van der Waals surface area contributed by atoms with Crippen LogP contribution in [0.1, 0.15) is 28.9 Å². The van der Waals surface area contributed by atoms with E-state index in [1.54, 1.807) is 30.7 Å². The van der Waals surface area contributed by atoms with Crippen LogP contribution in [0, 0.1) is 0 Å². The number of carbonyl (C=O) groups excluding carboxylic acids is 1. The molecule has 2 aromatic carbocycles. The predicted molar refractivity (Wildman–Crippen MR) is 107 cm³/mol. The molecule has 28 heavy (non-hydrogen) atoms. The number of aromatic nitrogens is 2. The van der Waals surface area contributed by atoms with Crippen molar-refractivity contribution in [3.05, 3.63) is 93.8 Å². The number of carbonyl (C=O) groups is 1. The van der Waals surface area contributed by atoms with Crippen molar-refractivity contribution >= 4 is 28.5 Å². The van der Waals surface area contributed by atoms with Crippen LogP contribution in [0.2, 0.25) is 5.02 Å². The summed E-state index contributed by atoms with van der Waals surface area (Å²) in [5, 5.41) is 3.93. The van der Waals surface area contributed by atoms with Crippen LogP contribution < -0.4 is 10.9 Å². The minimum Gasteiger partial charge on any atom is -0.422 e. The lowest BCUT2D eigenvalue weighted by atomic mass is 10.1. The smallest absolute Gasteiger partial charge is 0.349 e. The standard InChI is InChI=1S/C21H16ClN3O3/c1-13(14-2-5-17(6-3-14)25-9-8-23-12-25)24-20(26)18-11-15-10-16(22)4-7-19(15)28-21(18)27/h2-13H,1H3,(H,24,26). The van der Waals surface area contributed by atoms with Gasteiger partial charge in [-0.05, 0) is 48.9 Å². The Morgan fingerprint density at radius 1 is 1.18 bits per heavy atom. The van der Waals surface area contributed by atoms with Gasteiger partial charge < -0.3 is 14.3 Å². The summed E-state index contributed by atoms with van der Waals surface area (Å²) in [5.74, 6) is -0.498. The SMILES string of the molecule is CC(NC(=O)c1cc2cc(Cl)ccc2oc1=O)c1ccc(-n2ccnc2)cc1.